The summed E-state index contributed by atoms with van der Waals surface area (Å²) in [6, 6.07) is 19.5. The minimum Gasteiger partial charge on any atom is -0.338 e. The normalized spacial score (nSPS) is 11.1. The van der Waals surface area contributed by atoms with Gasteiger partial charge in [0.1, 0.15) is 5.69 Å². The Morgan fingerprint density at radius 1 is 1.00 bits per heavy atom. The molecule has 0 N–H and O–H groups in total. The van der Waals surface area contributed by atoms with Crippen molar-refractivity contribution in [2.24, 2.45) is 0 Å². The number of nitrogens with zero attached hydrogens (tertiary/aromatic N) is 6. The fourth-order valence-corrected chi connectivity index (χ4v) is 4.40. The molecule has 3 heterocycles. The Kier molecular flexibility index (Phi) is 5.93. The second-order valence-electron chi connectivity index (χ2n) is 7.43. The van der Waals surface area contributed by atoms with Crippen LogP contribution in [0.2, 0.25) is 5.02 Å². The van der Waals surface area contributed by atoms with Crippen LogP contribution in [0.5, 0.6) is 0 Å². The molecule has 9 heteroatoms. The predicted octanol–water partition coefficient (Wildman–Crippen LogP) is 5.94. The van der Waals surface area contributed by atoms with Gasteiger partial charge in [0.15, 0.2) is 11.0 Å². The summed E-state index contributed by atoms with van der Waals surface area (Å²) in [7, 11) is 0. The first-order valence-corrected chi connectivity index (χ1v) is 11.6. The van der Waals surface area contributed by atoms with Crippen molar-refractivity contribution in [1.29, 1.82) is 0 Å². The van der Waals surface area contributed by atoms with Crippen LogP contribution < -0.4 is 0 Å². The topological polar surface area (TPSA) is 82.5 Å². The molecule has 0 fully saturated rings. The Hall–Kier alpha value is -3.49. The van der Waals surface area contributed by atoms with Crippen LogP contribution in [0.25, 0.3) is 28.6 Å². The van der Waals surface area contributed by atoms with Gasteiger partial charge in [-0.3, -0.25) is 9.55 Å². The van der Waals surface area contributed by atoms with Gasteiger partial charge in [0, 0.05) is 11.8 Å². The highest BCUT2D eigenvalue weighted by atomic mass is 35.5. The molecule has 0 saturated heterocycles. The van der Waals surface area contributed by atoms with E-state index in [9.17, 15) is 0 Å². The standard InChI is InChI=1S/C24H19ClN6OS/c1-15-10-11-16(2)20(13-15)31-23(17-7-3-4-8-18(17)25)28-29-24(31)33-14-21-27-22(30-32-21)19-9-5-6-12-26-19/h3-13H,14H2,1-2H3. The third-order valence-corrected chi connectivity index (χ3v) is 6.28. The molecule has 2 aromatic carbocycles. The average molecular weight is 475 g/mol. The van der Waals surface area contributed by atoms with E-state index < -0.39 is 0 Å². The maximum Gasteiger partial charge on any atom is 0.237 e. The lowest BCUT2D eigenvalue weighted by molar-refractivity contribution is 0.391. The highest BCUT2D eigenvalue weighted by Crippen LogP contribution is 2.34. The first-order valence-electron chi connectivity index (χ1n) is 10.2. The SMILES string of the molecule is Cc1ccc(C)c(-n2c(SCc3nc(-c4ccccn4)no3)nnc2-c2ccccc2Cl)c1. The first-order chi connectivity index (χ1) is 16.1. The van der Waals surface area contributed by atoms with Crippen molar-refractivity contribution < 1.29 is 4.52 Å². The largest absolute Gasteiger partial charge is 0.338 e. The molecular weight excluding hydrogens is 456 g/mol. The number of thioether (sulfide) groups is 1. The zero-order chi connectivity index (χ0) is 22.8. The third kappa shape index (κ3) is 4.40. The predicted molar refractivity (Wildman–Crippen MR) is 128 cm³/mol. The van der Waals surface area contributed by atoms with Gasteiger partial charge in [0.05, 0.1) is 16.5 Å². The van der Waals surface area contributed by atoms with Crippen LogP contribution in [-0.4, -0.2) is 29.9 Å². The molecular formula is C24H19ClN6OS. The number of aromatic nitrogens is 6. The summed E-state index contributed by atoms with van der Waals surface area (Å²) >= 11 is 7.97. The fraction of sp³-hybridized carbons (Fsp3) is 0.125. The number of benzene rings is 2. The van der Waals surface area contributed by atoms with Crippen LogP contribution in [0, 0.1) is 13.8 Å². The van der Waals surface area contributed by atoms with Gasteiger partial charge in [-0.05, 0) is 55.3 Å². The van der Waals surface area contributed by atoms with Gasteiger partial charge in [0.25, 0.3) is 0 Å². The van der Waals surface area contributed by atoms with Crippen molar-refractivity contribution in [2.45, 2.75) is 24.8 Å². The summed E-state index contributed by atoms with van der Waals surface area (Å²) < 4.78 is 7.47. The van der Waals surface area contributed by atoms with Gasteiger partial charge < -0.3 is 4.52 Å². The fourth-order valence-electron chi connectivity index (χ4n) is 3.40. The van der Waals surface area contributed by atoms with Gasteiger partial charge in [0.2, 0.25) is 11.7 Å². The van der Waals surface area contributed by atoms with Gasteiger partial charge in [-0.25, -0.2) is 0 Å². The molecule has 0 aliphatic rings. The highest BCUT2D eigenvalue weighted by Gasteiger charge is 2.20. The van der Waals surface area contributed by atoms with E-state index in [0.717, 1.165) is 22.4 Å². The van der Waals surface area contributed by atoms with Crippen LogP contribution in [0.4, 0.5) is 0 Å². The summed E-state index contributed by atoms with van der Waals surface area (Å²) in [5, 5.41) is 14.3. The number of pyridine rings is 1. The lowest BCUT2D eigenvalue weighted by atomic mass is 10.1. The summed E-state index contributed by atoms with van der Waals surface area (Å²) in [6.07, 6.45) is 1.70. The molecule has 7 nitrogen and oxygen atoms in total. The Morgan fingerprint density at radius 2 is 1.85 bits per heavy atom. The molecule has 0 spiro atoms. The zero-order valence-corrected chi connectivity index (χ0v) is 19.5. The van der Waals surface area contributed by atoms with Crippen molar-refractivity contribution in [3.05, 3.63) is 88.9 Å². The second kappa shape index (κ2) is 9.17. The molecule has 0 saturated carbocycles. The van der Waals surface area contributed by atoms with E-state index in [1.165, 1.54) is 11.8 Å². The van der Waals surface area contributed by atoms with E-state index in [1.54, 1.807) is 6.20 Å². The van der Waals surface area contributed by atoms with Crippen molar-refractivity contribution >= 4 is 23.4 Å². The lowest BCUT2D eigenvalue weighted by Crippen LogP contribution is -2.03. The van der Waals surface area contributed by atoms with E-state index in [2.05, 4.69) is 57.4 Å². The summed E-state index contributed by atoms with van der Waals surface area (Å²) in [6.45, 7) is 4.13. The van der Waals surface area contributed by atoms with Gasteiger partial charge in [-0.2, -0.15) is 4.98 Å². The van der Waals surface area contributed by atoms with E-state index in [0.29, 0.717) is 39.2 Å². The van der Waals surface area contributed by atoms with Gasteiger partial charge in [-0.1, -0.05) is 58.9 Å². The van der Waals surface area contributed by atoms with Crippen molar-refractivity contribution in [3.8, 4) is 28.6 Å². The molecule has 5 rings (SSSR count). The highest BCUT2D eigenvalue weighted by molar-refractivity contribution is 7.98. The smallest absolute Gasteiger partial charge is 0.237 e. The molecule has 0 aliphatic carbocycles. The Bertz CT molecular complexity index is 1420. The third-order valence-electron chi connectivity index (χ3n) is 5.04. The molecule has 33 heavy (non-hydrogen) atoms. The quantitative estimate of drug-likeness (QED) is 0.281. The zero-order valence-electron chi connectivity index (χ0n) is 17.9. The van der Waals surface area contributed by atoms with E-state index >= 15 is 0 Å². The molecule has 0 atom stereocenters. The monoisotopic (exact) mass is 474 g/mol. The van der Waals surface area contributed by atoms with Gasteiger partial charge >= 0.3 is 0 Å². The van der Waals surface area contributed by atoms with E-state index in [-0.39, 0.29) is 0 Å². The lowest BCUT2D eigenvalue weighted by Gasteiger charge is -2.14. The van der Waals surface area contributed by atoms with E-state index in [1.807, 2.05) is 47.0 Å². The van der Waals surface area contributed by atoms with Crippen molar-refractivity contribution in [2.75, 3.05) is 0 Å². The molecule has 5 aromatic rings. The maximum absolute atomic E-state index is 6.51. The Morgan fingerprint density at radius 3 is 2.67 bits per heavy atom. The number of hydrogen-bond donors (Lipinski definition) is 0. The maximum atomic E-state index is 6.51. The van der Waals surface area contributed by atoms with Crippen LogP contribution in [-0.2, 0) is 5.75 Å². The Labute approximate surface area is 199 Å². The summed E-state index contributed by atoms with van der Waals surface area (Å²) in [4.78, 5) is 8.74. The van der Waals surface area contributed by atoms with Crippen molar-refractivity contribution in [1.82, 2.24) is 29.9 Å². The minimum absolute atomic E-state index is 0.436. The Balaban J connectivity index is 1.51. The number of hydrogen-bond acceptors (Lipinski definition) is 7. The second-order valence-corrected chi connectivity index (χ2v) is 8.78. The number of halogens is 1. The minimum atomic E-state index is 0.436. The van der Waals surface area contributed by atoms with Crippen LogP contribution in [0.3, 0.4) is 0 Å². The first kappa shape index (κ1) is 21.4. The average Bonchev–Trinajstić information content (AvgIpc) is 3.47. The number of aryl methyl sites for hydroxylation is 2. The molecule has 0 amide bonds. The molecule has 0 aliphatic heterocycles. The van der Waals surface area contributed by atoms with Gasteiger partial charge in [-0.15, -0.1) is 10.2 Å². The number of rotatable bonds is 6. The van der Waals surface area contributed by atoms with Crippen LogP contribution in [0.1, 0.15) is 17.0 Å². The molecule has 0 bridgehead atoms. The molecule has 0 radical (unpaired) electrons. The summed E-state index contributed by atoms with van der Waals surface area (Å²) in [5.41, 5.74) is 4.72. The molecule has 164 valence electrons. The van der Waals surface area contributed by atoms with Crippen LogP contribution >= 0.6 is 23.4 Å². The van der Waals surface area contributed by atoms with E-state index in [4.69, 9.17) is 16.1 Å². The summed E-state index contributed by atoms with van der Waals surface area (Å²) in [5.74, 6) is 2.05. The van der Waals surface area contributed by atoms with Crippen LogP contribution in [0.15, 0.2) is 76.5 Å². The van der Waals surface area contributed by atoms with Crippen molar-refractivity contribution in [3.63, 3.8) is 0 Å². The molecule has 0 unspecified atom stereocenters. The molecule has 3 aromatic heterocycles.